The highest BCUT2D eigenvalue weighted by Gasteiger charge is 2.64. The number of rotatable bonds is 9. The first-order valence-corrected chi connectivity index (χ1v) is 13.4. The normalized spacial score (nSPS) is 19.9. The van der Waals surface area contributed by atoms with E-state index >= 15 is 8.78 Å². The van der Waals surface area contributed by atoms with Gasteiger partial charge in [0, 0.05) is 17.2 Å². The van der Waals surface area contributed by atoms with Gasteiger partial charge in [0.05, 0.1) is 18.0 Å². The Morgan fingerprint density at radius 2 is 1.73 bits per heavy atom. The summed E-state index contributed by atoms with van der Waals surface area (Å²) in [5.41, 5.74) is -0.142. The average Bonchev–Trinajstić information content (AvgIpc) is 3.08. The van der Waals surface area contributed by atoms with Gasteiger partial charge in [-0.15, -0.1) is 0 Å². The number of aliphatic hydroxyl groups is 1. The number of aromatic hydroxyl groups is 1. The zero-order valence-electron chi connectivity index (χ0n) is 23.8. The van der Waals surface area contributed by atoms with Crippen LogP contribution in [0.25, 0.3) is 0 Å². The molecule has 0 aromatic heterocycles. The van der Waals surface area contributed by atoms with Gasteiger partial charge in [-0.3, -0.25) is 14.4 Å². The predicted octanol–water partition coefficient (Wildman–Crippen LogP) is 3.50. The Kier molecular flexibility index (Phi) is 9.24. The second-order valence-electron chi connectivity index (χ2n) is 11.3. The minimum absolute atomic E-state index is 0.00763. The molecule has 0 saturated carbocycles. The van der Waals surface area contributed by atoms with E-state index < -0.39 is 53.8 Å². The minimum Gasteiger partial charge on any atom is -0.508 e. The third kappa shape index (κ3) is 6.27. The lowest BCUT2D eigenvalue weighted by molar-refractivity contribution is -0.148. The quantitative estimate of drug-likeness (QED) is 0.375. The molecule has 3 amide bonds. The molecule has 1 heterocycles. The van der Waals surface area contributed by atoms with Crippen molar-refractivity contribution in [1.29, 1.82) is 0 Å². The van der Waals surface area contributed by atoms with Crippen molar-refractivity contribution in [2.24, 2.45) is 5.41 Å². The highest BCUT2D eigenvalue weighted by Crippen LogP contribution is 2.48. The number of carbonyl (C=O) groups excluding carboxylic acids is 3. The molecule has 0 bridgehead atoms. The van der Waals surface area contributed by atoms with Crippen molar-refractivity contribution in [1.82, 2.24) is 15.5 Å². The number of alkyl halides is 2. The summed E-state index contributed by atoms with van der Waals surface area (Å²) in [6.07, 6.45) is -1.37. The highest BCUT2D eigenvalue weighted by atomic mass is 19.3. The lowest BCUT2D eigenvalue weighted by Crippen LogP contribution is -2.58. The van der Waals surface area contributed by atoms with Gasteiger partial charge in [-0.2, -0.15) is 0 Å². The van der Waals surface area contributed by atoms with E-state index in [1.807, 2.05) is 6.92 Å². The third-order valence-corrected chi connectivity index (χ3v) is 7.86. The number of nitrogens with zero attached hydrogens (tertiary/aromatic N) is 1. The first-order chi connectivity index (χ1) is 18.6. The summed E-state index contributed by atoms with van der Waals surface area (Å²) in [5.74, 6) is -5.96. The Morgan fingerprint density at radius 3 is 2.33 bits per heavy atom. The standard InChI is InChI=1S/C30H39F2N3O5/c1-7-18(3)33-27(39)25-29(5,6)30(31,32)16-35(25)28(40)24(37)22(15-20-11-9-8-10-12-20)34-26(38)21-13-17(2)14-23(36)19(21)4/h8-14,18,22,24-25,36-37H,7,15-16H2,1-6H3,(H,33,39)(H,34,38)/t18?,22-,24-,25+/m0/s1. The molecule has 2 aromatic rings. The number of carbonyl (C=O) groups is 3. The van der Waals surface area contributed by atoms with Gasteiger partial charge in [0.2, 0.25) is 5.91 Å². The van der Waals surface area contributed by atoms with Crippen LogP contribution in [-0.4, -0.2) is 69.5 Å². The maximum Gasteiger partial charge on any atom is 0.272 e. The van der Waals surface area contributed by atoms with Gasteiger partial charge in [-0.1, -0.05) is 51.1 Å². The van der Waals surface area contributed by atoms with Gasteiger partial charge < -0.3 is 25.7 Å². The van der Waals surface area contributed by atoms with Crippen molar-refractivity contribution in [2.45, 2.75) is 84.5 Å². The number of phenols is 1. The number of aliphatic hydroxyl groups excluding tert-OH is 1. The smallest absolute Gasteiger partial charge is 0.272 e. The molecule has 4 atom stereocenters. The minimum atomic E-state index is -3.41. The number of halogens is 2. The highest BCUT2D eigenvalue weighted by molar-refractivity contribution is 5.97. The summed E-state index contributed by atoms with van der Waals surface area (Å²) in [6.45, 7) is 8.23. The largest absolute Gasteiger partial charge is 0.508 e. The summed E-state index contributed by atoms with van der Waals surface area (Å²) in [5, 5.41) is 26.9. The number of benzene rings is 2. The van der Waals surface area contributed by atoms with Gasteiger partial charge in [0.1, 0.15) is 11.8 Å². The van der Waals surface area contributed by atoms with Crippen molar-refractivity contribution in [2.75, 3.05) is 6.54 Å². The molecule has 1 unspecified atom stereocenters. The molecule has 0 spiro atoms. The number of hydrogen-bond acceptors (Lipinski definition) is 5. The van der Waals surface area contributed by atoms with E-state index in [4.69, 9.17) is 0 Å². The average molecular weight is 560 g/mol. The van der Waals surface area contributed by atoms with E-state index in [1.165, 1.54) is 19.9 Å². The fourth-order valence-corrected chi connectivity index (χ4v) is 4.97. The number of nitrogens with one attached hydrogen (secondary N) is 2. The molecule has 40 heavy (non-hydrogen) atoms. The molecule has 4 N–H and O–H groups in total. The molecule has 1 fully saturated rings. The molecule has 0 aliphatic carbocycles. The van der Waals surface area contributed by atoms with E-state index in [-0.39, 0.29) is 23.8 Å². The molecular weight excluding hydrogens is 520 g/mol. The van der Waals surface area contributed by atoms with Crippen molar-refractivity contribution < 1.29 is 33.4 Å². The number of amides is 3. The summed E-state index contributed by atoms with van der Waals surface area (Å²) in [7, 11) is 0. The molecule has 1 saturated heterocycles. The van der Waals surface area contributed by atoms with Crippen LogP contribution in [0.2, 0.25) is 0 Å². The molecule has 1 aliphatic heterocycles. The molecule has 10 heteroatoms. The summed E-state index contributed by atoms with van der Waals surface area (Å²) < 4.78 is 30.4. The zero-order chi connectivity index (χ0) is 30.0. The van der Waals surface area contributed by atoms with Crippen LogP contribution in [0.5, 0.6) is 5.75 Å². The monoisotopic (exact) mass is 559 g/mol. The molecule has 3 rings (SSSR count). The third-order valence-electron chi connectivity index (χ3n) is 7.86. The second kappa shape index (κ2) is 11.9. The second-order valence-corrected chi connectivity index (χ2v) is 11.3. The van der Waals surface area contributed by atoms with Crippen molar-refractivity contribution >= 4 is 17.7 Å². The van der Waals surface area contributed by atoms with Gasteiger partial charge in [-0.25, -0.2) is 8.78 Å². The molecule has 1 aliphatic rings. The van der Waals surface area contributed by atoms with E-state index in [0.29, 0.717) is 23.1 Å². The first kappa shape index (κ1) is 31.0. The molecule has 218 valence electrons. The van der Waals surface area contributed by atoms with Crippen LogP contribution in [0, 0.1) is 19.3 Å². The Bertz CT molecular complexity index is 1250. The van der Waals surface area contributed by atoms with E-state index in [0.717, 1.165) is 4.90 Å². The molecular formula is C30H39F2N3O5. The lowest BCUT2D eigenvalue weighted by Gasteiger charge is -2.34. The Hall–Kier alpha value is -3.53. The number of phenolic OH excluding ortho intramolecular Hbond substituents is 1. The lowest BCUT2D eigenvalue weighted by atomic mass is 9.81. The fourth-order valence-electron chi connectivity index (χ4n) is 4.97. The summed E-state index contributed by atoms with van der Waals surface area (Å²) >= 11 is 0. The Morgan fingerprint density at radius 1 is 1.10 bits per heavy atom. The maximum atomic E-state index is 15.2. The Labute approximate surface area is 233 Å². The van der Waals surface area contributed by atoms with E-state index in [1.54, 1.807) is 57.2 Å². The van der Waals surface area contributed by atoms with Crippen LogP contribution in [0.3, 0.4) is 0 Å². The summed E-state index contributed by atoms with van der Waals surface area (Å²) in [4.78, 5) is 40.9. The van der Waals surface area contributed by atoms with Crippen LogP contribution >= 0.6 is 0 Å². The predicted molar refractivity (Wildman–Crippen MR) is 147 cm³/mol. The van der Waals surface area contributed by atoms with Crippen LogP contribution in [0.15, 0.2) is 42.5 Å². The zero-order valence-corrected chi connectivity index (χ0v) is 23.8. The Balaban J connectivity index is 1.97. The van der Waals surface area contributed by atoms with Gasteiger partial charge >= 0.3 is 0 Å². The van der Waals surface area contributed by atoms with Crippen molar-refractivity contribution in [3.8, 4) is 5.75 Å². The summed E-state index contributed by atoms with van der Waals surface area (Å²) in [6, 6.07) is 8.79. The fraction of sp³-hybridized carbons (Fsp3) is 0.500. The maximum absolute atomic E-state index is 15.2. The van der Waals surface area contributed by atoms with Crippen LogP contribution in [0.1, 0.15) is 61.2 Å². The number of aryl methyl sites for hydroxylation is 1. The molecule has 8 nitrogen and oxygen atoms in total. The van der Waals surface area contributed by atoms with Gasteiger partial charge in [0.25, 0.3) is 17.7 Å². The topological polar surface area (TPSA) is 119 Å². The van der Waals surface area contributed by atoms with E-state index in [9.17, 15) is 24.6 Å². The van der Waals surface area contributed by atoms with E-state index in [2.05, 4.69) is 10.6 Å². The van der Waals surface area contributed by atoms with Gasteiger partial charge in [0.15, 0.2) is 6.10 Å². The van der Waals surface area contributed by atoms with Crippen LogP contribution < -0.4 is 10.6 Å². The van der Waals surface area contributed by atoms with Gasteiger partial charge in [-0.05, 0) is 56.9 Å². The van der Waals surface area contributed by atoms with Crippen molar-refractivity contribution in [3.05, 3.63) is 64.7 Å². The number of likely N-dealkylation sites (tertiary alicyclic amines) is 1. The number of hydrogen-bond donors (Lipinski definition) is 4. The van der Waals surface area contributed by atoms with Crippen LogP contribution in [-0.2, 0) is 16.0 Å². The van der Waals surface area contributed by atoms with Crippen molar-refractivity contribution in [3.63, 3.8) is 0 Å². The molecule has 0 radical (unpaired) electrons. The molecule has 2 aromatic carbocycles. The first-order valence-electron chi connectivity index (χ1n) is 13.4. The SMILES string of the molecule is CCC(C)NC(=O)[C@H]1N(C(=O)[C@@H](O)[C@H](Cc2ccccc2)NC(=O)c2cc(C)cc(O)c2C)CC(F)(F)C1(C)C. The van der Waals surface area contributed by atoms with Crippen LogP contribution in [0.4, 0.5) is 8.78 Å².